The molecule has 0 aliphatic heterocycles. The third kappa shape index (κ3) is 7.01. The number of hydrogen-bond donors (Lipinski definition) is 2. The maximum atomic E-state index is 12.3. The van der Waals surface area contributed by atoms with Crippen LogP contribution in [-0.2, 0) is 20.4 Å². The van der Waals surface area contributed by atoms with Gasteiger partial charge in [-0.1, -0.05) is 12.1 Å². The van der Waals surface area contributed by atoms with Gasteiger partial charge in [-0.15, -0.1) is 12.4 Å². The van der Waals surface area contributed by atoms with Gasteiger partial charge in [-0.05, 0) is 56.9 Å². The molecule has 1 aromatic carbocycles. The second-order valence-corrected chi connectivity index (χ2v) is 10.2. The van der Waals surface area contributed by atoms with Crippen LogP contribution < -0.4 is 11.1 Å². The molecule has 1 aromatic rings. The van der Waals surface area contributed by atoms with E-state index < -0.39 is 20.6 Å². The molecule has 0 heterocycles. The van der Waals surface area contributed by atoms with Gasteiger partial charge in [0.1, 0.15) is 0 Å². The van der Waals surface area contributed by atoms with E-state index in [1.165, 1.54) is 0 Å². The topological polar surface area (TPSA) is 89.3 Å². The molecule has 0 aliphatic carbocycles. The zero-order chi connectivity index (χ0) is 17.7. The predicted molar refractivity (Wildman–Crippen MR) is 106 cm³/mol. The molecule has 0 fully saturated rings. The molecular weight excluding hydrogens is 368 g/mol. The quantitative estimate of drug-likeness (QED) is 0.742. The Morgan fingerprint density at radius 3 is 2.50 bits per heavy atom. The van der Waals surface area contributed by atoms with Gasteiger partial charge in [-0.3, -0.25) is 4.79 Å². The highest BCUT2D eigenvalue weighted by atomic mass is 35.5. The molecule has 0 aliphatic rings. The lowest BCUT2D eigenvalue weighted by Gasteiger charge is -2.19. The number of carbonyl (C=O) groups excluding carboxylic acids is 1. The molecule has 0 radical (unpaired) electrons. The smallest absolute Gasteiger partial charge is 0.241 e. The molecule has 5 nitrogen and oxygen atoms in total. The molecule has 24 heavy (non-hydrogen) atoms. The zero-order valence-electron chi connectivity index (χ0n) is 14.5. The SMILES string of the molecule is CSCC[C@H](N)C(=O)Nc1cccc(CS(=O)(=O)C(C)(C)C)c1.Cl. The molecule has 8 heteroatoms. The van der Waals surface area contributed by atoms with Crippen LogP contribution in [0.25, 0.3) is 0 Å². The van der Waals surface area contributed by atoms with E-state index in [1.54, 1.807) is 56.8 Å². The normalized spacial score (nSPS) is 13.0. The molecule has 138 valence electrons. The molecular formula is C16H27ClN2O3S2. The van der Waals surface area contributed by atoms with Crippen molar-refractivity contribution in [2.24, 2.45) is 5.73 Å². The van der Waals surface area contributed by atoms with Crippen LogP contribution in [-0.4, -0.2) is 37.1 Å². The van der Waals surface area contributed by atoms with Crippen molar-refractivity contribution in [3.8, 4) is 0 Å². The summed E-state index contributed by atoms with van der Waals surface area (Å²) in [5.41, 5.74) is 7.04. The average Bonchev–Trinajstić information content (AvgIpc) is 2.43. The Morgan fingerprint density at radius 1 is 1.33 bits per heavy atom. The molecule has 0 spiro atoms. The van der Waals surface area contributed by atoms with Gasteiger partial charge in [0.25, 0.3) is 0 Å². The zero-order valence-corrected chi connectivity index (χ0v) is 17.0. The van der Waals surface area contributed by atoms with Crippen molar-refractivity contribution >= 4 is 45.6 Å². The first kappa shape index (κ1) is 23.2. The molecule has 0 unspecified atom stereocenters. The van der Waals surface area contributed by atoms with Crippen LogP contribution in [0.15, 0.2) is 24.3 Å². The molecule has 0 saturated carbocycles. The van der Waals surface area contributed by atoms with Gasteiger partial charge in [0.2, 0.25) is 5.91 Å². The molecule has 1 rings (SSSR count). The van der Waals surface area contributed by atoms with Crippen LogP contribution in [0.1, 0.15) is 32.8 Å². The average molecular weight is 395 g/mol. The second-order valence-electron chi connectivity index (χ2n) is 6.45. The van der Waals surface area contributed by atoms with Gasteiger partial charge in [0, 0.05) is 5.69 Å². The monoisotopic (exact) mass is 394 g/mol. The minimum absolute atomic E-state index is 0. The number of amides is 1. The number of benzene rings is 1. The van der Waals surface area contributed by atoms with Gasteiger partial charge in [0.05, 0.1) is 16.5 Å². The van der Waals surface area contributed by atoms with Gasteiger partial charge < -0.3 is 11.1 Å². The second kappa shape index (κ2) is 9.65. The van der Waals surface area contributed by atoms with E-state index in [9.17, 15) is 13.2 Å². The summed E-state index contributed by atoms with van der Waals surface area (Å²) in [4.78, 5) is 12.0. The van der Waals surface area contributed by atoms with Crippen molar-refractivity contribution in [2.75, 3.05) is 17.3 Å². The van der Waals surface area contributed by atoms with E-state index in [2.05, 4.69) is 5.32 Å². The Balaban J connectivity index is 0.00000529. The number of carbonyl (C=O) groups is 1. The predicted octanol–water partition coefficient (Wildman–Crippen LogP) is 2.84. The highest BCUT2D eigenvalue weighted by molar-refractivity contribution is 7.98. The lowest BCUT2D eigenvalue weighted by atomic mass is 10.2. The van der Waals surface area contributed by atoms with E-state index >= 15 is 0 Å². The summed E-state index contributed by atoms with van der Waals surface area (Å²) in [7, 11) is -3.26. The van der Waals surface area contributed by atoms with Crippen molar-refractivity contribution < 1.29 is 13.2 Å². The van der Waals surface area contributed by atoms with E-state index in [-0.39, 0.29) is 24.1 Å². The van der Waals surface area contributed by atoms with Crippen LogP contribution in [0.2, 0.25) is 0 Å². The van der Waals surface area contributed by atoms with Gasteiger partial charge in [0.15, 0.2) is 9.84 Å². The standard InChI is InChI=1S/C16H26N2O3S2.ClH/c1-16(2,3)23(20,21)11-12-6-5-7-13(10-12)18-15(19)14(17)8-9-22-4;/h5-7,10,14H,8-9,11,17H2,1-4H3,(H,18,19);1H/t14-;/m0./s1. The van der Waals surface area contributed by atoms with Crippen molar-refractivity contribution in [1.29, 1.82) is 0 Å². The minimum atomic E-state index is -3.26. The Hall–Kier alpha value is -0.760. The van der Waals surface area contributed by atoms with Crippen molar-refractivity contribution in [2.45, 2.75) is 43.7 Å². The first-order chi connectivity index (χ1) is 10.6. The van der Waals surface area contributed by atoms with Crippen LogP contribution >= 0.6 is 24.2 Å². The minimum Gasteiger partial charge on any atom is -0.325 e. The van der Waals surface area contributed by atoms with Gasteiger partial charge in [-0.25, -0.2) is 8.42 Å². The van der Waals surface area contributed by atoms with E-state index in [4.69, 9.17) is 5.73 Å². The summed E-state index contributed by atoms with van der Waals surface area (Å²) >= 11 is 1.64. The number of sulfone groups is 1. The number of rotatable bonds is 7. The molecule has 1 atom stereocenters. The fourth-order valence-electron chi connectivity index (χ4n) is 1.79. The van der Waals surface area contributed by atoms with Crippen molar-refractivity contribution in [3.05, 3.63) is 29.8 Å². The summed E-state index contributed by atoms with van der Waals surface area (Å²) in [5, 5.41) is 2.75. The summed E-state index contributed by atoms with van der Waals surface area (Å²) in [6.45, 7) is 5.04. The van der Waals surface area contributed by atoms with Crippen molar-refractivity contribution in [3.63, 3.8) is 0 Å². The summed E-state index contributed by atoms with van der Waals surface area (Å²) in [6, 6.07) is 6.32. The maximum absolute atomic E-state index is 12.3. The number of thioether (sulfide) groups is 1. The van der Waals surface area contributed by atoms with E-state index in [0.29, 0.717) is 17.7 Å². The Labute approximate surface area is 155 Å². The largest absolute Gasteiger partial charge is 0.325 e. The highest BCUT2D eigenvalue weighted by Crippen LogP contribution is 2.22. The first-order valence-corrected chi connectivity index (χ1v) is 10.5. The third-order valence-electron chi connectivity index (χ3n) is 3.45. The Morgan fingerprint density at radius 2 is 1.96 bits per heavy atom. The van der Waals surface area contributed by atoms with Gasteiger partial charge >= 0.3 is 0 Å². The Bertz CT molecular complexity index is 643. The van der Waals surface area contributed by atoms with Crippen LogP contribution in [0.5, 0.6) is 0 Å². The van der Waals surface area contributed by atoms with Crippen molar-refractivity contribution in [1.82, 2.24) is 0 Å². The van der Waals surface area contributed by atoms with Crippen LogP contribution in [0, 0.1) is 0 Å². The summed E-state index contributed by atoms with van der Waals surface area (Å²) in [5.74, 6) is 0.506. The fraction of sp³-hybridized carbons (Fsp3) is 0.562. The third-order valence-corrected chi connectivity index (χ3v) is 6.68. The molecule has 1 amide bonds. The lowest BCUT2D eigenvalue weighted by Crippen LogP contribution is -2.36. The molecule has 3 N–H and O–H groups in total. The molecule has 0 aromatic heterocycles. The number of nitrogens with one attached hydrogen (secondary N) is 1. The number of anilines is 1. The fourth-order valence-corrected chi connectivity index (χ4v) is 3.33. The first-order valence-electron chi connectivity index (χ1n) is 7.43. The number of hydrogen-bond acceptors (Lipinski definition) is 5. The highest BCUT2D eigenvalue weighted by Gasteiger charge is 2.29. The van der Waals surface area contributed by atoms with Gasteiger partial charge in [-0.2, -0.15) is 11.8 Å². The Kier molecular flexibility index (Phi) is 9.35. The van der Waals surface area contributed by atoms with Crippen LogP contribution in [0.3, 0.4) is 0 Å². The summed E-state index contributed by atoms with van der Waals surface area (Å²) in [6.07, 6.45) is 2.56. The van der Waals surface area contributed by atoms with Crippen LogP contribution in [0.4, 0.5) is 5.69 Å². The van der Waals surface area contributed by atoms with E-state index in [1.807, 2.05) is 6.26 Å². The lowest BCUT2D eigenvalue weighted by molar-refractivity contribution is -0.117. The molecule has 0 saturated heterocycles. The number of nitrogens with two attached hydrogens (primary N) is 1. The molecule has 0 bridgehead atoms. The number of halogens is 1. The van der Waals surface area contributed by atoms with E-state index in [0.717, 1.165) is 5.75 Å². The maximum Gasteiger partial charge on any atom is 0.241 e. The summed E-state index contributed by atoms with van der Waals surface area (Å²) < 4.78 is 23.7.